The van der Waals surface area contributed by atoms with E-state index in [0.717, 1.165) is 96.3 Å². The van der Waals surface area contributed by atoms with Crippen molar-refractivity contribution in [3.8, 4) is 0 Å². The highest BCUT2D eigenvalue weighted by Gasteiger charge is 2.28. The number of carbonyl (C=O) groups is 2. The van der Waals surface area contributed by atoms with Crippen molar-refractivity contribution in [3.05, 3.63) is 122 Å². The van der Waals surface area contributed by atoms with Crippen LogP contribution < -0.4 is 0 Å². The summed E-state index contributed by atoms with van der Waals surface area (Å²) in [7, 11) is -9.61. The molecule has 0 aromatic carbocycles. The topological polar surface area (TPSA) is 225 Å². The van der Waals surface area contributed by atoms with Gasteiger partial charge in [0.2, 0.25) is 0 Å². The van der Waals surface area contributed by atoms with E-state index in [0.29, 0.717) is 19.3 Å². The Hall–Kier alpha value is -3.56. The first kappa shape index (κ1) is 66.4. The summed E-state index contributed by atoms with van der Waals surface area (Å²) in [5, 5.41) is 30.1. The monoisotopic (exact) mass is 1020 g/mol. The molecule has 5 N–H and O–H groups in total. The molecule has 0 aromatic heterocycles. The molecule has 0 radical (unpaired) electrons. The van der Waals surface area contributed by atoms with E-state index in [1.54, 1.807) is 0 Å². The molecule has 0 bridgehead atoms. The summed E-state index contributed by atoms with van der Waals surface area (Å²) < 4.78 is 53.0. The van der Waals surface area contributed by atoms with E-state index >= 15 is 0 Å². The van der Waals surface area contributed by atoms with Gasteiger partial charge in [-0.2, -0.15) is 0 Å². The Morgan fingerprint density at radius 1 is 0.371 bits per heavy atom. The van der Waals surface area contributed by atoms with Crippen molar-refractivity contribution in [2.45, 2.75) is 161 Å². The average molecular weight is 1030 g/mol. The second-order valence-corrected chi connectivity index (χ2v) is 19.0. The van der Waals surface area contributed by atoms with Gasteiger partial charge in [-0.15, -0.1) is 0 Å². The molecule has 17 heteroatoms. The Bertz CT molecular complexity index is 1710. The molecule has 0 aliphatic heterocycles. The van der Waals surface area contributed by atoms with Crippen LogP contribution in [0.25, 0.3) is 0 Å². The summed E-state index contributed by atoms with van der Waals surface area (Å²) in [5.74, 6) is -1.08. The van der Waals surface area contributed by atoms with Crippen LogP contribution in [0.5, 0.6) is 0 Å². The number of aliphatic hydroxyl groups excluding tert-OH is 3. The first-order valence-corrected chi connectivity index (χ1v) is 27.9. The Kier molecular flexibility index (Phi) is 45.3. The third-order valence-electron chi connectivity index (χ3n) is 9.41. The van der Waals surface area contributed by atoms with Crippen molar-refractivity contribution in [2.24, 2.45) is 0 Å². The highest BCUT2D eigenvalue weighted by Crippen LogP contribution is 2.45. The summed E-state index contributed by atoms with van der Waals surface area (Å²) in [5.41, 5.74) is 0. The van der Waals surface area contributed by atoms with Gasteiger partial charge in [-0.1, -0.05) is 155 Å². The molecule has 0 amide bonds. The number of aliphatic hydroxyl groups is 3. The molecule has 0 saturated carbocycles. The van der Waals surface area contributed by atoms with Crippen molar-refractivity contribution in [2.75, 3.05) is 39.6 Å². The van der Waals surface area contributed by atoms with E-state index in [2.05, 4.69) is 141 Å². The summed E-state index contributed by atoms with van der Waals surface area (Å²) in [6, 6.07) is 0. The Morgan fingerprint density at radius 2 is 0.629 bits per heavy atom. The zero-order chi connectivity index (χ0) is 51.7. The van der Waals surface area contributed by atoms with Gasteiger partial charge in [0.15, 0.2) is 0 Å². The van der Waals surface area contributed by atoms with Crippen LogP contribution in [0.1, 0.15) is 142 Å². The molecule has 0 saturated heterocycles. The minimum absolute atomic E-state index is 0.112. The van der Waals surface area contributed by atoms with Gasteiger partial charge in [0.05, 0.1) is 26.4 Å². The SMILES string of the molecule is CC/C=C\C/C=C\C/C=C\C/C=C\C/C=C\CCCCCCCC(=O)OCC(O)COP(=O)(O)OCC(O)COP(=O)(O)OCC(O)COC(=O)CCC/C=C\C/C=C\C/C=C\C/C=C\C/C=C\CC. The van der Waals surface area contributed by atoms with Gasteiger partial charge in [0, 0.05) is 12.8 Å². The summed E-state index contributed by atoms with van der Waals surface area (Å²) >= 11 is 0. The van der Waals surface area contributed by atoms with E-state index in [1.807, 2.05) is 12.2 Å². The third-order valence-corrected chi connectivity index (χ3v) is 11.3. The number of allylic oxidation sites excluding steroid dienone is 20. The smallest absolute Gasteiger partial charge is 0.463 e. The summed E-state index contributed by atoms with van der Waals surface area (Å²) in [6.07, 6.45) is 54.7. The molecule has 15 nitrogen and oxygen atoms in total. The second kappa shape index (κ2) is 47.7. The lowest BCUT2D eigenvalue weighted by atomic mass is 10.1. The van der Waals surface area contributed by atoms with Crippen LogP contribution in [-0.2, 0) is 46.3 Å². The van der Waals surface area contributed by atoms with E-state index in [-0.39, 0.29) is 12.8 Å². The maximum Gasteiger partial charge on any atom is 0.472 e. The molecule has 0 aliphatic carbocycles. The van der Waals surface area contributed by atoms with Gasteiger partial charge in [0.1, 0.15) is 31.5 Å². The first-order valence-electron chi connectivity index (χ1n) is 24.9. The molecule has 0 rings (SSSR count). The average Bonchev–Trinajstić information content (AvgIpc) is 3.34. The summed E-state index contributed by atoms with van der Waals surface area (Å²) in [4.78, 5) is 43.8. The fourth-order valence-corrected chi connectivity index (χ4v) is 7.22. The molecule has 5 atom stereocenters. The normalized spacial score (nSPS) is 15.9. The minimum Gasteiger partial charge on any atom is -0.463 e. The predicted octanol–water partition coefficient (Wildman–Crippen LogP) is 11.8. The molecular formula is C53H86O15P2. The van der Waals surface area contributed by atoms with Crippen LogP contribution in [-0.4, -0.2) is 95.0 Å². The lowest BCUT2D eigenvalue weighted by Crippen LogP contribution is -2.25. The largest absolute Gasteiger partial charge is 0.472 e. The van der Waals surface area contributed by atoms with Crippen LogP contribution in [0.2, 0.25) is 0 Å². The molecule has 70 heavy (non-hydrogen) atoms. The van der Waals surface area contributed by atoms with Crippen LogP contribution in [0.3, 0.4) is 0 Å². The quantitative estimate of drug-likeness (QED) is 0.0165. The third kappa shape index (κ3) is 49.4. The Morgan fingerprint density at radius 3 is 0.971 bits per heavy atom. The van der Waals surface area contributed by atoms with E-state index in [1.165, 1.54) is 0 Å². The van der Waals surface area contributed by atoms with Gasteiger partial charge in [0.25, 0.3) is 0 Å². The number of carbonyl (C=O) groups excluding carboxylic acids is 2. The standard InChI is InChI=1S/C53H86O15P2/c1-3-5-7-9-11-13-15-17-19-21-22-23-24-26-28-30-32-34-36-38-40-42-53(58)64-44-50(55)46-66-70(61,62)68-48-51(56)47-67-69(59,60)65-45-49(54)43-63-52(57)41-39-37-35-33-31-29-27-25-20-18-16-14-12-10-8-6-4-2/h5-8,11-14,17-20,22-23,26-29,33,35,49-51,54-56H,3-4,9-10,15-16,21,24-25,30-32,34,36-48H2,1-2H3,(H,59,60)(H,61,62)/b7-5-,8-6-,13-11-,14-12-,19-17-,20-18-,23-22-,28-26-,29-27-,35-33-. The number of unbranched alkanes of at least 4 members (excludes halogenated alkanes) is 6. The lowest BCUT2D eigenvalue weighted by molar-refractivity contribution is -0.148. The fourth-order valence-electron chi connectivity index (χ4n) is 5.63. The number of ether oxygens (including phenoxy) is 2. The van der Waals surface area contributed by atoms with Gasteiger partial charge in [-0.25, -0.2) is 9.13 Å². The molecule has 0 aromatic rings. The first-order chi connectivity index (χ1) is 33.8. The van der Waals surface area contributed by atoms with Crippen LogP contribution >= 0.6 is 15.6 Å². The molecule has 0 fully saturated rings. The van der Waals surface area contributed by atoms with Crippen LogP contribution in [0.4, 0.5) is 0 Å². The molecule has 398 valence electrons. The van der Waals surface area contributed by atoms with E-state index < -0.39 is 85.5 Å². The molecule has 0 aliphatic rings. The van der Waals surface area contributed by atoms with Crippen molar-refractivity contribution < 1.29 is 71.4 Å². The molecule has 5 unspecified atom stereocenters. The van der Waals surface area contributed by atoms with Crippen molar-refractivity contribution in [1.82, 2.24) is 0 Å². The summed E-state index contributed by atoms with van der Waals surface area (Å²) in [6.45, 7) is 0.0677. The highest BCUT2D eigenvalue weighted by molar-refractivity contribution is 7.47. The van der Waals surface area contributed by atoms with Gasteiger partial charge in [-0.05, 0) is 96.3 Å². The van der Waals surface area contributed by atoms with Gasteiger partial charge in [-0.3, -0.25) is 27.7 Å². The lowest BCUT2D eigenvalue weighted by Gasteiger charge is -2.19. The maximum atomic E-state index is 12.2. The van der Waals surface area contributed by atoms with Crippen LogP contribution in [0.15, 0.2) is 122 Å². The number of phosphoric acid groups is 2. The molecule has 0 heterocycles. The van der Waals surface area contributed by atoms with E-state index in [4.69, 9.17) is 9.47 Å². The number of hydrogen-bond acceptors (Lipinski definition) is 13. The van der Waals surface area contributed by atoms with Crippen molar-refractivity contribution >= 4 is 27.6 Å². The predicted molar refractivity (Wildman–Crippen MR) is 278 cm³/mol. The van der Waals surface area contributed by atoms with Gasteiger partial charge < -0.3 is 34.6 Å². The Labute approximate surface area is 419 Å². The van der Waals surface area contributed by atoms with Crippen molar-refractivity contribution in [3.63, 3.8) is 0 Å². The van der Waals surface area contributed by atoms with E-state index in [9.17, 15) is 43.8 Å². The maximum absolute atomic E-state index is 12.2. The molecule has 0 spiro atoms. The zero-order valence-electron chi connectivity index (χ0n) is 41.9. The fraction of sp³-hybridized carbons (Fsp3) is 0.585. The number of esters is 2. The number of rotatable bonds is 46. The Balaban J connectivity index is 3.97. The second-order valence-electron chi connectivity index (χ2n) is 16.1. The number of phosphoric ester groups is 2. The number of hydrogen-bond donors (Lipinski definition) is 5. The molecular weight excluding hydrogens is 939 g/mol. The highest BCUT2D eigenvalue weighted by atomic mass is 31.2. The van der Waals surface area contributed by atoms with Gasteiger partial charge >= 0.3 is 27.6 Å². The minimum atomic E-state index is -4.81. The van der Waals surface area contributed by atoms with Crippen molar-refractivity contribution in [1.29, 1.82) is 0 Å². The zero-order valence-corrected chi connectivity index (χ0v) is 43.7. The van der Waals surface area contributed by atoms with Crippen LogP contribution in [0, 0.1) is 0 Å².